The van der Waals surface area contributed by atoms with E-state index in [0.717, 1.165) is 0 Å². The van der Waals surface area contributed by atoms with E-state index in [0.29, 0.717) is 18.9 Å². The number of amides is 1. The van der Waals surface area contributed by atoms with Crippen molar-refractivity contribution >= 4 is 18.5 Å². The second-order valence-corrected chi connectivity index (χ2v) is 3.49. The van der Waals surface area contributed by atoms with E-state index < -0.39 is 0 Å². The molecule has 0 fully saturated rings. The van der Waals surface area contributed by atoms with Gasteiger partial charge in [-0.1, -0.05) is 0 Å². The second kappa shape index (κ2) is 7.17. The van der Waals surface area contributed by atoms with Crippen LogP contribution in [0.1, 0.15) is 6.92 Å². The molecule has 0 saturated carbocycles. The topological polar surface area (TPSA) is 41.6 Å². The summed E-state index contributed by atoms with van der Waals surface area (Å²) in [5.74, 6) is 0.630. The Kier molecular flexibility index (Phi) is 7.03. The second-order valence-electron chi connectivity index (χ2n) is 3.04. The summed E-state index contributed by atoms with van der Waals surface area (Å²) in [5.41, 5.74) is 0. The molecule has 78 valence electrons. The fourth-order valence-corrected chi connectivity index (χ4v) is 0.936. The average molecular weight is 206 g/mol. The van der Waals surface area contributed by atoms with Crippen LogP contribution in [-0.2, 0) is 9.53 Å². The number of likely N-dealkylation sites (N-methyl/N-ethyl adjacent to an activating group) is 1. The molecule has 0 rings (SSSR count). The number of thiol groups is 1. The maximum Gasteiger partial charge on any atom is 0.236 e. The smallest absolute Gasteiger partial charge is 0.236 e. The fourth-order valence-electron chi connectivity index (χ4n) is 0.831. The first kappa shape index (κ1) is 12.7. The summed E-state index contributed by atoms with van der Waals surface area (Å²) in [6.45, 7) is 2.73. The summed E-state index contributed by atoms with van der Waals surface area (Å²) in [6.07, 6.45) is -0.236. The van der Waals surface area contributed by atoms with Crippen LogP contribution in [-0.4, -0.2) is 50.0 Å². The van der Waals surface area contributed by atoms with Crippen LogP contribution in [0.2, 0.25) is 0 Å². The van der Waals surface area contributed by atoms with Gasteiger partial charge in [0.1, 0.15) is 6.23 Å². The van der Waals surface area contributed by atoms with Crippen LogP contribution in [0, 0.1) is 0 Å². The van der Waals surface area contributed by atoms with Gasteiger partial charge in [-0.3, -0.25) is 4.79 Å². The quantitative estimate of drug-likeness (QED) is 0.473. The molecule has 0 aliphatic carbocycles. The lowest BCUT2D eigenvalue weighted by Gasteiger charge is -2.16. The Morgan fingerprint density at radius 1 is 1.62 bits per heavy atom. The van der Waals surface area contributed by atoms with Crippen molar-refractivity contribution in [2.45, 2.75) is 13.2 Å². The van der Waals surface area contributed by atoms with Gasteiger partial charge >= 0.3 is 0 Å². The van der Waals surface area contributed by atoms with Crippen molar-refractivity contribution in [1.82, 2.24) is 10.2 Å². The molecule has 0 saturated heterocycles. The van der Waals surface area contributed by atoms with Crippen molar-refractivity contribution in [3.8, 4) is 0 Å². The molecule has 13 heavy (non-hydrogen) atoms. The van der Waals surface area contributed by atoms with Crippen LogP contribution >= 0.6 is 12.6 Å². The van der Waals surface area contributed by atoms with Crippen LogP contribution < -0.4 is 5.32 Å². The van der Waals surface area contributed by atoms with Gasteiger partial charge in [-0.25, -0.2) is 0 Å². The molecular weight excluding hydrogens is 188 g/mol. The van der Waals surface area contributed by atoms with E-state index in [1.807, 2.05) is 14.1 Å². The van der Waals surface area contributed by atoms with Crippen molar-refractivity contribution in [2.75, 3.05) is 33.0 Å². The molecule has 0 aromatic carbocycles. The molecule has 1 atom stereocenters. The van der Waals surface area contributed by atoms with Crippen LogP contribution in [0.3, 0.4) is 0 Å². The normalized spacial score (nSPS) is 13.0. The summed E-state index contributed by atoms with van der Waals surface area (Å²) in [7, 11) is 3.69. The van der Waals surface area contributed by atoms with Crippen molar-refractivity contribution in [3.63, 3.8) is 0 Å². The van der Waals surface area contributed by atoms with Crippen LogP contribution in [0.15, 0.2) is 0 Å². The molecule has 0 aromatic rings. The van der Waals surface area contributed by atoms with Gasteiger partial charge in [0.15, 0.2) is 0 Å². The Morgan fingerprint density at radius 2 is 2.23 bits per heavy atom. The number of nitrogens with zero attached hydrogens (tertiary/aromatic N) is 1. The Labute approximate surface area is 85.0 Å². The van der Waals surface area contributed by atoms with Crippen LogP contribution in [0.5, 0.6) is 0 Å². The Morgan fingerprint density at radius 3 is 2.69 bits per heavy atom. The van der Waals surface area contributed by atoms with Crippen LogP contribution in [0.25, 0.3) is 0 Å². The first-order valence-electron chi connectivity index (χ1n) is 4.22. The molecule has 0 heterocycles. The van der Waals surface area contributed by atoms with Crippen molar-refractivity contribution in [1.29, 1.82) is 0 Å². The Bertz CT molecular complexity index is 153. The minimum atomic E-state index is -0.236. The van der Waals surface area contributed by atoms with E-state index >= 15 is 0 Å². The molecule has 0 spiro atoms. The van der Waals surface area contributed by atoms with Crippen molar-refractivity contribution in [3.05, 3.63) is 0 Å². The van der Waals surface area contributed by atoms with Gasteiger partial charge in [0.25, 0.3) is 0 Å². The first-order chi connectivity index (χ1) is 6.06. The number of hydrogen-bond donors (Lipinski definition) is 2. The fraction of sp³-hybridized carbons (Fsp3) is 0.875. The van der Waals surface area contributed by atoms with Crippen molar-refractivity contribution in [2.24, 2.45) is 0 Å². The molecule has 0 bridgehead atoms. The molecule has 1 N–H and O–H groups in total. The van der Waals surface area contributed by atoms with Gasteiger partial charge in [-0.05, 0) is 21.0 Å². The number of ether oxygens (including phenoxy) is 1. The number of hydrogen-bond acceptors (Lipinski definition) is 4. The molecule has 5 heteroatoms. The largest absolute Gasteiger partial charge is 0.358 e. The van der Waals surface area contributed by atoms with E-state index in [1.54, 1.807) is 11.8 Å². The van der Waals surface area contributed by atoms with Crippen LogP contribution in [0.4, 0.5) is 0 Å². The zero-order chi connectivity index (χ0) is 10.3. The maximum absolute atomic E-state index is 11.2. The third kappa shape index (κ3) is 8.08. The third-order valence-electron chi connectivity index (χ3n) is 1.28. The number of rotatable bonds is 6. The first-order valence-corrected chi connectivity index (χ1v) is 4.86. The van der Waals surface area contributed by atoms with Crippen molar-refractivity contribution < 1.29 is 9.53 Å². The number of carbonyl (C=O) groups is 1. The molecule has 1 unspecified atom stereocenters. The molecule has 0 aliphatic rings. The highest BCUT2D eigenvalue weighted by molar-refractivity contribution is 7.80. The molecule has 1 amide bonds. The zero-order valence-electron chi connectivity index (χ0n) is 8.41. The predicted octanol–water partition coefficient (Wildman–Crippen LogP) is -0.0434. The van der Waals surface area contributed by atoms with E-state index in [1.165, 1.54) is 0 Å². The molecule has 4 nitrogen and oxygen atoms in total. The standard InChI is InChI=1S/C8H18N2O2S/c1-7(12-4-5-13)9-8(11)6-10(2)3/h7,13H,4-6H2,1-3H3,(H,9,11). The highest BCUT2D eigenvalue weighted by Gasteiger charge is 2.07. The lowest BCUT2D eigenvalue weighted by Crippen LogP contribution is -2.40. The van der Waals surface area contributed by atoms with E-state index in [2.05, 4.69) is 17.9 Å². The summed E-state index contributed by atoms with van der Waals surface area (Å²) in [5, 5.41) is 2.71. The minimum absolute atomic E-state index is 0.0309. The predicted molar refractivity (Wildman–Crippen MR) is 56.0 cm³/mol. The Hall–Kier alpha value is -0.260. The lowest BCUT2D eigenvalue weighted by molar-refractivity contribution is -0.125. The van der Waals surface area contributed by atoms with Gasteiger partial charge in [0, 0.05) is 5.75 Å². The SMILES string of the molecule is CC(NC(=O)CN(C)C)OCCS. The minimum Gasteiger partial charge on any atom is -0.358 e. The lowest BCUT2D eigenvalue weighted by atomic mass is 10.5. The van der Waals surface area contributed by atoms with Gasteiger partial charge in [-0.15, -0.1) is 0 Å². The van der Waals surface area contributed by atoms with Gasteiger partial charge < -0.3 is 15.0 Å². The Balaban J connectivity index is 3.53. The maximum atomic E-state index is 11.2. The number of carbonyl (C=O) groups excluding carboxylic acids is 1. The van der Waals surface area contributed by atoms with Gasteiger partial charge in [-0.2, -0.15) is 12.6 Å². The van der Waals surface area contributed by atoms with E-state index in [9.17, 15) is 4.79 Å². The summed E-state index contributed by atoms with van der Waals surface area (Å²) in [4.78, 5) is 13.0. The average Bonchev–Trinajstić information content (AvgIpc) is 1.98. The highest BCUT2D eigenvalue weighted by Crippen LogP contribution is 1.87. The van der Waals surface area contributed by atoms with E-state index in [4.69, 9.17) is 4.74 Å². The summed E-state index contributed by atoms with van der Waals surface area (Å²) in [6, 6.07) is 0. The monoisotopic (exact) mass is 206 g/mol. The summed E-state index contributed by atoms with van der Waals surface area (Å²) < 4.78 is 5.22. The van der Waals surface area contributed by atoms with E-state index in [-0.39, 0.29) is 12.1 Å². The number of nitrogens with one attached hydrogen (secondary N) is 1. The van der Waals surface area contributed by atoms with Gasteiger partial charge in [0.05, 0.1) is 13.2 Å². The summed E-state index contributed by atoms with van der Waals surface area (Å²) >= 11 is 4.00. The van der Waals surface area contributed by atoms with Gasteiger partial charge in [0.2, 0.25) is 5.91 Å². The molecule has 0 aromatic heterocycles. The third-order valence-corrected chi connectivity index (χ3v) is 1.47. The molecular formula is C8H18N2O2S. The zero-order valence-corrected chi connectivity index (χ0v) is 9.30. The molecule has 0 radical (unpaired) electrons. The highest BCUT2D eigenvalue weighted by atomic mass is 32.1. The molecule has 0 aliphatic heterocycles.